The summed E-state index contributed by atoms with van der Waals surface area (Å²) in [5.74, 6) is 0.127. The van der Waals surface area contributed by atoms with Crippen molar-refractivity contribution in [3.63, 3.8) is 0 Å². The number of aryl methyl sites for hydroxylation is 1. The zero-order valence-corrected chi connectivity index (χ0v) is 13.1. The number of carbonyl (C=O) groups excluding carboxylic acids is 1. The summed E-state index contributed by atoms with van der Waals surface area (Å²) in [4.78, 5) is 13.2. The van der Waals surface area contributed by atoms with Crippen LogP contribution in [0.4, 0.5) is 0 Å². The summed E-state index contributed by atoms with van der Waals surface area (Å²) >= 11 is 1.62. The average molecular weight is 289 g/mol. The maximum atomic E-state index is 12.1. The van der Waals surface area contributed by atoms with E-state index in [0.717, 1.165) is 17.9 Å². The van der Waals surface area contributed by atoms with Crippen LogP contribution in [0.3, 0.4) is 0 Å². The van der Waals surface area contributed by atoms with Gasteiger partial charge in [-0.3, -0.25) is 4.79 Å². The van der Waals surface area contributed by atoms with Gasteiger partial charge in [-0.15, -0.1) is 11.8 Å². The Balaban J connectivity index is 1.79. The van der Waals surface area contributed by atoms with E-state index >= 15 is 0 Å². The van der Waals surface area contributed by atoms with Crippen LogP contribution in [0.25, 0.3) is 0 Å². The van der Waals surface area contributed by atoms with Gasteiger partial charge in [-0.05, 0) is 51.7 Å². The molecule has 20 heavy (non-hydrogen) atoms. The lowest BCUT2D eigenvalue weighted by atomic mass is 10.00. The molecule has 0 heterocycles. The molecule has 1 aromatic rings. The van der Waals surface area contributed by atoms with Crippen molar-refractivity contribution in [1.29, 1.82) is 0 Å². The molecule has 0 aromatic heterocycles. The highest BCUT2D eigenvalue weighted by Crippen LogP contribution is 2.23. The minimum Gasteiger partial charge on any atom is -0.351 e. The third kappa shape index (κ3) is 4.71. The molecule has 1 aliphatic rings. The highest BCUT2D eigenvalue weighted by Gasteiger charge is 2.14. The van der Waals surface area contributed by atoms with Crippen LogP contribution in [0.1, 0.15) is 38.2 Å². The van der Waals surface area contributed by atoms with E-state index in [0.29, 0.717) is 0 Å². The van der Waals surface area contributed by atoms with Crippen LogP contribution in [0.5, 0.6) is 0 Å². The number of benzene rings is 1. The lowest BCUT2D eigenvalue weighted by Crippen LogP contribution is -2.32. The van der Waals surface area contributed by atoms with Gasteiger partial charge in [-0.25, -0.2) is 0 Å². The Labute approximate surface area is 126 Å². The van der Waals surface area contributed by atoms with Gasteiger partial charge in [0.05, 0.1) is 5.25 Å². The van der Waals surface area contributed by atoms with Crippen LogP contribution in [-0.4, -0.2) is 17.7 Å². The molecule has 0 unspecified atom stereocenters. The Morgan fingerprint density at radius 1 is 1.30 bits per heavy atom. The molecule has 0 fully saturated rings. The fraction of sp³-hybridized carbons (Fsp3) is 0.471. The van der Waals surface area contributed by atoms with Gasteiger partial charge in [0.15, 0.2) is 0 Å². The number of amides is 1. The van der Waals surface area contributed by atoms with Crippen molar-refractivity contribution in [3.8, 4) is 0 Å². The maximum absolute atomic E-state index is 12.1. The van der Waals surface area contributed by atoms with E-state index in [9.17, 15) is 4.79 Å². The Bertz CT molecular complexity index is 478. The van der Waals surface area contributed by atoms with Crippen LogP contribution >= 0.6 is 11.8 Å². The van der Waals surface area contributed by atoms with E-state index in [2.05, 4.69) is 42.6 Å². The number of nitrogens with one attached hydrogen (secondary N) is 1. The fourth-order valence-corrected chi connectivity index (χ4v) is 3.18. The van der Waals surface area contributed by atoms with E-state index in [1.54, 1.807) is 11.8 Å². The van der Waals surface area contributed by atoms with Crippen molar-refractivity contribution in [2.45, 2.75) is 49.7 Å². The van der Waals surface area contributed by atoms with Gasteiger partial charge < -0.3 is 5.32 Å². The topological polar surface area (TPSA) is 29.1 Å². The van der Waals surface area contributed by atoms with Crippen LogP contribution in [0.2, 0.25) is 0 Å². The normalized spacial score (nSPS) is 16.4. The Kier molecular flexibility index (Phi) is 5.72. The first-order valence-corrected chi connectivity index (χ1v) is 8.22. The molecule has 2 rings (SSSR count). The predicted octanol–water partition coefficient (Wildman–Crippen LogP) is 4.09. The minimum absolute atomic E-state index is 0.0538. The van der Waals surface area contributed by atoms with Gasteiger partial charge in [-0.2, -0.15) is 0 Å². The van der Waals surface area contributed by atoms with Crippen LogP contribution in [-0.2, 0) is 4.79 Å². The monoisotopic (exact) mass is 289 g/mol. The number of thioether (sulfide) groups is 1. The molecule has 1 N–H and O–H groups in total. The number of carbonyl (C=O) groups is 1. The SMILES string of the molecule is Cc1ccc(S[C@H](C)C(=O)NCC2=CCCCC2)cc1. The van der Waals surface area contributed by atoms with E-state index in [1.165, 1.54) is 30.4 Å². The van der Waals surface area contributed by atoms with Gasteiger partial charge >= 0.3 is 0 Å². The zero-order valence-electron chi connectivity index (χ0n) is 12.3. The van der Waals surface area contributed by atoms with Gasteiger partial charge in [0, 0.05) is 11.4 Å². The lowest BCUT2D eigenvalue weighted by Gasteiger charge is -2.16. The molecule has 0 aliphatic heterocycles. The van der Waals surface area contributed by atoms with E-state index in [-0.39, 0.29) is 11.2 Å². The second-order valence-electron chi connectivity index (χ2n) is 5.40. The standard InChI is InChI=1S/C17H23NOS/c1-13-8-10-16(11-9-13)20-14(2)17(19)18-12-15-6-4-3-5-7-15/h6,8-11,14H,3-5,7,12H2,1-2H3,(H,18,19)/t14-/m1/s1. The molecule has 1 aliphatic carbocycles. The summed E-state index contributed by atoms with van der Waals surface area (Å²) < 4.78 is 0. The van der Waals surface area contributed by atoms with Crippen LogP contribution in [0, 0.1) is 6.92 Å². The molecule has 1 atom stereocenters. The summed E-state index contributed by atoms with van der Waals surface area (Å²) in [6.45, 7) is 4.76. The first kappa shape index (κ1) is 15.2. The van der Waals surface area contributed by atoms with Crippen molar-refractivity contribution < 1.29 is 4.79 Å². The summed E-state index contributed by atoms with van der Waals surface area (Å²) in [5.41, 5.74) is 2.63. The number of allylic oxidation sites excluding steroid dienone is 1. The fourth-order valence-electron chi connectivity index (χ4n) is 2.28. The third-order valence-electron chi connectivity index (χ3n) is 3.58. The van der Waals surface area contributed by atoms with Gasteiger partial charge in [0.25, 0.3) is 0 Å². The second kappa shape index (κ2) is 7.53. The lowest BCUT2D eigenvalue weighted by molar-refractivity contribution is -0.120. The Morgan fingerprint density at radius 2 is 2.05 bits per heavy atom. The van der Waals surface area contributed by atoms with E-state index < -0.39 is 0 Å². The number of hydrogen-bond acceptors (Lipinski definition) is 2. The summed E-state index contributed by atoms with van der Waals surface area (Å²) in [6, 6.07) is 8.32. The molecule has 1 amide bonds. The zero-order chi connectivity index (χ0) is 14.4. The molecule has 0 spiro atoms. The van der Waals surface area contributed by atoms with Crippen LogP contribution < -0.4 is 5.32 Å². The molecule has 1 aromatic carbocycles. The molecule has 0 saturated heterocycles. The van der Waals surface area contributed by atoms with Crippen molar-refractivity contribution >= 4 is 17.7 Å². The molecule has 108 valence electrons. The molecular weight excluding hydrogens is 266 g/mol. The summed E-state index contributed by atoms with van der Waals surface area (Å²) in [6.07, 6.45) is 7.13. The Morgan fingerprint density at radius 3 is 2.70 bits per heavy atom. The molecule has 0 radical (unpaired) electrons. The van der Waals surface area contributed by atoms with Crippen molar-refractivity contribution in [2.24, 2.45) is 0 Å². The third-order valence-corrected chi connectivity index (χ3v) is 4.69. The minimum atomic E-state index is -0.0538. The predicted molar refractivity (Wildman–Crippen MR) is 86.1 cm³/mol. The molecular formula is C17H23NOS. The molecule has 3 heteroatoms. The van der Waals surface area contributed by atoms with E-state index in [4.69, 9.17) is 0 Å². The first-order chi connectivity index (χ1) is 9.65. The summed E-state index contributed by atoms with van der Waals surface area (Å²) in [7, 11) is 0. The Hall–Kier alpha value is -1.22. The van der Waals surface area contributed by atoms with E-state index in [1.807, 2.05) is 6.92 Å². The number of rotatable bonds is 5. The quantitative estimate of drug-likeness (QED) is 0.653. The molecule has 2 nitrogen and oxygen atoms in total. The smallest absolute Gasteiger partial charge is 0.233 e. The average Bonchev–Trinajstić information content (AvgIpc) is 2.48. The van der Waals surface area contributed by atoms with Gasteiger partial charge in [0.2, 0.25) is 5.91 Å². The van der Waals surface area contributed by atoms with Crippen LogP contribution in [0.15, 0.2) is 40.8 Å². The second-order valence-corrected chi connectivity index (χ2v) is 6.81. The largest absolute Gasteiger partial charge is 0.351 e. The van der Waals surface area contributed by atoms with Crippen molar-refractivity contribution in [3.05, 3.63) is 41.5 Å². The van der Waals surface area contributed by atoms with Crippen molar-refractivity contribution in [2.75, 3.05) is 6.54 Å². The summed E-state index contributed by atoms with van der Waals surface area (Å²) in [5, 5.41) is 3.00. The highest BCUT2D eigenvalue weighted by molar-refractivity contribution is 8.00. The van der Waals surface area contributed by atoms with Gasteiger partial charge in [-0.1, -0.05) is 29.3 Å². The molecule has 0 saturated carbocycles. The number of hydrogen-bond donors (Lipinski definition) is 1. The first-order valence-electron chi connectivity index (χ1n) is 7.34. The maximum Gasteiger partial charge on any atom is 0.233 e. The van der Waals surface area contributed by atoms with Gasteiger partial charge in [0.1, 0.15) is 0 Å². The van der Waals surface area contributed by atoms with Crippen molar-refractivity contribution in [1.82, 2.24) is 5.32 Å². The molecule has 0 bridgehead atoms. The highest BCUT2D eigenvalue weighted by atomic mass is 32.2.